The molecule has 2 aromatic rings. The molecule has 2 rings (SSSR count). The number of benzene rings is 2. The molecule has 0 aliphatic heterocycles. The second kappa shape index (κ2) is 6.37. The second-order valence-corrected chi connectivity index (χ2v) is 5.07. The van der Waals surface area contributed by atoms with Gasteiger partial charge in [-0.2, -0.15) is 0 Å². The Bertz CT molecular complexity index is 669. The standard InChI is InChI=1S/C16H19N3O2/c1-10(18-11(2)15(20)19-16(17)21)13-8-7-12-5-3-4-6-14(12)9-13/h3-11,18H,1-2H3,(H3,17,19,20,21). The van der Waals surface area contributed by atoms with E-state index >= 15 is 0 Å². The van der Waals surface area contributed by atoms with E-state index in [0.29, 0.717) is 0 Å². The van der Waals surface area contributed by atoms with Crippen molar-refractivity contribution in [3.8, 4) is 0 Å². The van der Waals surface area contributed by atoms with E-state index in [-0.39, 0.29) is 6.04 Å². The molecule has 2 unspecified atom stereocenters. The number of primary amides is 1. The van der Waals surface area contributed by atoms with Gasteiger partial charge < -0.3 is 5.73 Å². The fraction of sp³-hybridized carbons (Fsp3) is 0.250. The second-order valence-electron chi connectivity index (χ2n) is 5.07. The smallest absolute Gasteiger partial charge is 0.318 e. The highest BCUT2D eigenvalue weighted by atomic mass is 16.2. The van der Waals surface area contributed by atoms with Gasteiger partial charge in [-0.3, -0.25) is 15.4 Å². The summed E-state index contributed by atoms with van der Waals surface area (Å²) in [6, 6.07) is 12.9. The van der Waals surface area contributed by atoms with E-state index in [1.807, 2.05) is 25.1 Å². The molecule has 110 valence electrons. The molecule has 4 N–H and O–H groups in total. The van der Waals surface area contributed by atoms with Gasteiger partial charge in [-0.25, -0.2) is 4.79 Å². The van der Waals surface area contributed by atoms with Gasteiger partial charge in [0.05, 0.1) is 6.04 Å². The number of hydrogen-bond acceptors (Lipinski definition) is 3. The van der Waals surface area contributed by atoms with Crippen molar-refractivity contribution in [2.75, 3.05) is 0 Å². The number of rotatable bonds is 4. The summed E-state index contributed by atoms with van der Waals surface area (Å²) < 4.78 is 0. The number of carbonyl (C=O) groups is 2. The largest absolute Gasteiger partial charge is 0.351 e. The van der Waals surface area contributed by atoms with Gasteiger partial charge in [0.2, 0.25) is 5.91 Å². The van der Waals surface area contributed by atoms with E-state index in [9.17, 15) is 9.59 Å². The highest BCUT2D eigenvalue weighted by Crippen LogP contribution is 2.20. The van der Waals surface area contributed by atoms with Crippen LogP contribution in [0.15, 0.2) is 42.5 Å². The predicted molar refractivity (Wildman–Crippen MR) is 82.7 cm³/mol. The van der Waals surface area contributed by atoms with Crippen molar-refractivity contribution in [2.24, 2.45) is 5.73 Å². The number of hydrogen-bond donors (Lipinski definition) is 3. The van der Waals surface area contributed by atoms with Gasteiger partial charge in [0, 0.05) is 6.04 Å². The summed E-state index contributed by atoms with van der Waals surface area (Å²) in [7, 11) is 0. The van der Waals surface area contributed by atoms with E-state index < -0.39 is 18.0 Å². The number of amides is 3. The third-order valence-electron chi connectivity index (χ3n) is 3.41. The van der Waals surface area contributed by atoms with Crippen molar-refractivity contribution in [2.45, 2.75) is 25.9 Å². The average Bonchev–Trinajstić information content (AvgIpc) is 2.45. The maximum atomic E-state index is 11.7. The summed E-state index contributed by atoms with van der Waals surface area (Å²) in [4.78, 5) is 22.3. The van der Waals surface area contributed by atoms with Crippen LogP contribution in [0.4, 0.5) is 4.79 Å². The molecular weight excluding hydrogens is 266 g/mol. The molecule has 5 nitrogen and oxygen atoms in total. The average molecular weight is 285 g/mol. The van der Waals surface area contributed by atoms with E-state index in [4.69, 9.17) is 5.73 Å². The molecule has 0 heterocycles. The van der Waals surface area contributed by atoms with Gasteiger partial charge in [-0.1, -0.05) is 36.4 Å². The molecule has 2 atom stereocenters. The molecule has 0 bridgehead atoms. The maximum absolute atomic E-state index is 11.7. The zero-order valence-electron chi connectivity index (χ0n) is 12.1. The summed E-state index contributed by atoms with van der Waals surface area (Å²) in [6.45, 7) is 3.66. The first-order valence-electron chi connectivity index (χ1n) is 6.82. The van der Waals surface area contributed by atoms with E-state index in [0.717, 1.165) is 10.9 Å². The maximum Gasteiger partial charge on any atom is 0.318 e. The van der Waals surface area contributed by atoms with Gasteiger partial charge in [0.1, 0.15) is 0 Å². The first kappa shape index (κ1) is 15.0. The fourth-order valence-corrected chi connectivity index (χ4v) is 2.25. The number of urea groups is 1. The molecule has 0 radical (unpaired) electrons. The Balaban J connectivity index is 2.09. The minimum atomic E-state index is -0.841. The van der Waals surface area contributed by atoms with Gasteiger partial charge in [0.25, 0.3) is 0 Å². The lowest BCUT2D eigenvalue weighted by Crippen LogP contribution is -2.47. The molecular formula is C16H19N3O2. The third kappa shape index (κ3) is 3.79. The molecule has 5 heteroatoms. The van der Waals surface area contributed by atoms with Crippen LogP contribution < -0.4 is 16.4 Å². The molecule has 0 fully saturated rings. The Morgan fingerprint density at radius 1 is 1.05 bits per heavy atom. The number of nitrogens with one attached hydrogen (secondary N) is 2. The van der Waals surface area contributed by atoms with Crippen LogP contribution in [0.5, 0.6) is 0 Å². The summed E-state index contributed by atoms with van der Waals surface area (Å²) in [5, 5.41) is 7.54. The number of fused-ring (bicyclic) bond motifs is 1. The first-order valence-corrected chi connectivity index (χ1v) is 6.82. The van der Waals surface area contributed by atoms with E-state index in [1.54, 1.807) is 6.92 Å². The molecule has 3 amide bonds. The number of imide groups is 1. The SMILES string of the molecule is CC(NC(C)c1ccc2ccccc2c1)C(=O)NC(N)=O. The molecule has 0 aliphatic carbocycles. The van der Waals surface area contributed by atoms with Crippen LogP contribution in [-0.2, 0) is 4.79 Å². The van der Waals surface area contributed by atoms with Crippen LogP contribution in [0, 0.1) is 0 Å². The number of carbonyl (C=O) groups excluding carboxylic acids is 2. The predicted octanol–water partition coefficient (Wildman–Crippen LogP) is 2.07. The van der Waals surface area contributed by atoms with Crippen molar-refractivity contribution in [3.05, 3.63) is 48.0 Å². The van der Waals surface area contributed by atoms with Gasteiger partial charge in [-0.15, -0.1) is 0 Å². The van der Waals surface area contributed by atoms with Gasteiger partial charge in [0.15, 0.2) is 0 Å². The lowest BCUT2D eigenvalue weighted by atomic mass is 10.0. The van der Waals surface area contributed by atoms with Crippen LogP contribution in [0.1, 0.15) is 25.5 Å². The summed E-state index contributed by atoms with van der Waals surface area (Å²) in [5.41, 5.74) is 6.01. The Morgan fingerprint density at radius 2 is 1.71 bits per heavy atom. The van der Waals surface area contributed by atoms with E-state index in [2.05, 4.69) is 34.9 Å². The quantitative estimate of drug-likeness (QED) is 0.804. The topological polar surface area (TPSA) is 84.2 Å². The Morgan fingerprint density at radius 3 is 2.38 bits per heavy atom. The minimum Gasteiger partial charge on any atom is -0.351 e. The Kier molecular flexibility index (Phi) is 4.55. The molecule has 0 aromatic heterocycles. The third-order valence-corrected chi connectivity index (χ3v) is 3.41. The normalized spacial score (nSPS) is 13.6. The van der Waals surface area contributed by atoms with Crippen molar-refractivity contribution >= 4 is 22.7 Å². The van der Waals surface area contributed by atoms with Crippen molar-refractivity contribution in [3.63, 3.8) is 0 Å². The van der Waals surface area contributed by atoms with Gasteiger partial charge >= 0.3 is 6.03 Å². The molecule has 0 aliphatic rings. The molecule has 2 aromatic carbocycles. The monoisotopic (exact) mass is 285 g/mol. The summed E-state index contributed by atoms with van der Waals surface area (Å²) >= 11 is 0. The molecule has 0 saturated heterocycles. The van der Waals surface area contributed by atoms with Gasteiger partial charge in [-0.05, 0) is 36.2 Å². The molecule has 0 spiro atoms. The van der Waals surface area contributed by atoms with Crippen LogP contribution in [0.3, 0.4) is 0 Å². The fourth-order valence-electron chi connectivity index (χ4n) is 2.25. The lowest BCUT2D eigenvalue weighted by molar-refractivity contribution is -0.121. The summed E-state index contributed by atoms with van der Waals surface area (Å²) in [5.74, 6) is -0.435. The van der Waals surface area contributed by atoms with Crippen molar-refractivity contribution < 1.29 is 9.59 Å². The molecule has 0 saturated carbocycles. The summed E-state index contributed by atoms with van der Waals surface area (Å²) in [6.07, 6.45) is 0. The zero-order chi connectivity index (χ0) is 15.4. The van der Waals surface area contributed by atoms with Crippen LogP contribution in [0.25, 0.3) is 10.8 Å². The van der Waals surface area contributed by atoms with Crippen LogP contribution in [0.2, 0.25) is 0 Å². The minimum absolute atomic E-state index is 0.0248. The number of nitrogens with two attached hydrogens (primary N) is 1. The highest BCUT2D eigenvalue weighted by molar-refractivity contribution is 5.96. The van der Waals surface area contributed by atoms with Crippen molar-refractivity contribution in [1.82, 2.24) is 10.6 Å². The Hall–Kier alpha value is -2.40. The van der Waals surface area contributed by atoms with Crippen LogP contribution in [-0.4, -0.2) is 18.0 Å². The molecule has 21 heavy (non-hydrogen) atoms. The zero-order valence-corrected chi connectivity index (χ0v) is 12.1. The first-order chi connectivity index (χ1) is 9.97. The Labute approximate surface area is 123 Å². The lowest BCUT2D eigenvalue weighted by Gasteiger charge is -2.19. The van der Waals surface area contributed by atoms with Crippen molar-refractivity contribution in [1.29, 1.82) is 0 Å². The highest BCUT2D eigenvalue weighted by Gasteiger charge is 2.17. The van der Waals surface area contributed by atoms with Crippen LogP contribution >= 0.6 is 0 Å². The van der Waals surface area contributed by atoms with E-state index in [1.165, 1.54) is 5.39 Å².